The fraction of sp³-hybridized carbons (Fsp3) is 0.217. The van der Waals surface area contributed by atoms with Crippen LogP contribution in [0.5, 0.6) is 11.5 Å². The Labute approximate surface area is 328 Å². The van der Waals surface area contributed by atoms with E-state index in [2.05, 4.69) is 166 Å². The molecule has 0 aliphatic carbocycles. The van der Waals surface area contributed by atoms with E-state index >= 15 is 0 Å². The summed E-state index contributed by atoms with van der Waals surface area (Å²) in [5, 5.41) is 2.23. The number of aryl methyl sites for hydroxylation is 5. The van der Waals surface area contributed by atoms with Crippen LogP contribution in [-0.2, 0) is 26.5 Å². The summed E-state index contributed by atoms with van der Waals surface area (Å²) in [6.45, 7) is 18.4. The maximum Gasteiger partial charge on any atom is 0.217 e. The van der Waals surface area contributed by atoms with Crippen LogP contribution in [0.25, 0.3) is 33.4 Å². The number of aromatic nitrogens is 3. The van der Waals surface area contributed by atoms with Crippen LogP contribution in [0.15, 0.2) is 104 Å². The molecule has 0 unspecified atom stereocenters. The molecule has 0 amide bonds. The van der Waals surface area contributed by atoms with Gasteiger partial charge in [0.15, 0.2) is 0 Å². The number of hydrogen-bond donors (Lipinski definition) is 0. The zero-order valence-electron chi connectivity index (χ0n) is 32.0. The number of nitrogens with zero attached hydrogens (tertiary/aromatic N) is 5. The summed E-state index contributed by atoms with van der Waals surface area (Å²) in [7, 11) is 0. The number of fused-ring (bicyclic) bond motifs is 3. The van der Waals surface area contributed by atoms with Crippen LogP contribution in [-0.4, -0.2) is 20.8 Å². The van der Waals surface area contributed by atoms with Crippen molar-refractivity contribution in [3.8, 4) is 23.1 Å². The molecule has 0 fully saturated rings. The number of benzene rings is 5. The van der Waals surface area contributed by atoms with Crippen molar-refractivity contribution in [2.24, 2.45) is 0 Å². The second kappa shape index (κ2) is 14.4. The van der Waals surface area contributed by atoms with Crippen molar-refractivity contribution in [3.63, 3.8) is 0 Å². The third-order valence-electron chi connectivity index (χ3n) is 10.1. The van der Waals surface area contributed by atoms with E-state index < -0.39 is 0 Å². The molecule has 6 nitrogen and oxygen atoms in total. The normalized spacial score (nSPS) is 12.8. The SMILES string of the molecule is Cc1cc(C)c(N2C=CN(c3[c-]c(Oc4[c-]c5c(cc4)c4ccccc4n5-c4nccn4-c4c(C)cc(C(C)(C)C)cc4C)ccc3)C2)cc1C.[CH3-].[Pt]. The topological polar surface area (TPSA) is 38.5 Å². The van der Waals surface area contributed by atoms with Crippen molar-refractivity contribution < 1.29 is 25.8 Å². The minimum atomic E-state index is 0. The number of rotatable bonds is 6. The zero-order chi connectivity index (χ0) is 35.6. The fourth-order valence-corrected chi connectivity index (χ4v) is 7.31. The van der Waals surface area contributed by atoms with Crippen molar-refractivity contribution in [1.29, 1.82) is 0 Å². The second-order valence-corrected chi connectivity index (χ2v) is 14.8. The Morgan fingerprint density at radius 2 is 1.40 bits per heavy atom. The van der Waals surface area contributed by atoms with Crippen molar-refractivity contribution in [1.82, 2.24) is 14.1 Å². The molecule has 0 N–H and O–H groups in total. The molecule has 0 bridgehead atoms. The van der Waals surface area contributed by atoms with Gasteiger partial charge < -0.3 is 26.5 Å². The minimum absolute atomic E-state index is 0. The molecule has 2 aromatic heterocycles. The average Bonchev–Trinajstić information content (AvgIpc) is 3.84. The molecule has 7 heteroatoms. The van der Waals surface area contributed by atoms with Gasteiger partial charge in [-0.15, -0.1) is 35.7 Å². The maximum absolute atomic E-state index is 6.50. The summed E-state index contributed by atoms with van der Waals surface area (Å²) in [5.74, 6) is 2.05. The van der Waals surface area contributed by atoms with Crippen LogP contribution < -0.4 is 14.5 Å². The van der Waals surface area contributed by atoms with Crippen molar-refractivity contribution >= 4 is 33.2 Å². The van der Waals surface area contributed by atoms with Gasteiger partial charge in [0, 0.05) is 68.6 Å². The molecular formula is C46H46N5OPt-3. The van der Waals surface area contributed by atoms with Gasteiger partial charge in [0.05, 0.1) is 12.4 Å². The molecule has 5 aromatic carbocycles. The molecule has 8 rings (SSSR count). The molecule has 0 atom stereocenters. The van der Waals surface area contributed by atoms with E-state index in [0.29, 0.717) is 18.2 Å². The van der Waals surface area contributed by atoms with Gasteiger partial charge in [0.1, 0.15) is 0 Å². The van der Waals surface area contributed by atoms with Crippen LogP contribution in [0.4, 0.5) is 11.4 Å². The third kappa shape index (κ3) is 6.81. The zero-order valence-corrected chi connectivity index (χ0v) is 34.3. The molecule has 1 aliphatic heterocycles. The van der Waals surface area contributed by atoms with Crippen LogP contribution in [0.1, 0.15) is 54.2 Å². The van der Waals surface area contributed by atoms with Gasteiger partial charge in [-0.25, -0.2) is 4.98 Å². The first-order valence-electron chi connectivity index (χ1n) is 17.6. The molecule has 3 heterocycles. The van der Waals surface area contributed by atoms with E-state index in [-0.39, 0.29) is 33.9 Å². The number of para-hydroxylation sites is 1. The average molecular weight is 880 g/mol. The molecule has 0 radical (unpaired) electrons. The second-order valence-electron chi connectivity index (χ2n) is 14.8. The minimum Gasteiger partial charge on any atom is -0.509 e. The molecule has 0 saturated heterocycles. The van der Waals surface area contributed by atoms with Gasteiger partial charge in [-0.2, -0.15) is 12.1 Å². The van der Waals surface area contributed by atoms with E-state index in [1.807, 2.05) is 24.4 Å². The Kier molecular flexibility index (Phi) is 10.2. The van der Waals surface area contributed by atoms with E-state index in [9.17, 15) is 0 Å². The Morgan fingerprint density at radius 3 is 2.15 bits per heavy atom. The Bertz CT molecular complexity index is 2480. The molecule has 0 spiro atoms. The maximum atomic E-state index is 6.50. The van der Waals surface area contributed by atoms with Gasteiger partial charge >= 0.3 is 0 Å². The first-order valence-corrected chi connectivity index (χ1v) is 17.6. The monoisotopic (exact) mass is 879 g/mol. The Balaban J connectivity index is 0.00000240. The van der Waals surface area contributed by atoms with Crippen LogP contribution >= 0.6 is 0 Å². The van der Waals surface area contributed by atoms with E-state index in [0.717, 1.165) is 39.1 Å². The molecule has 53 heavy (non-hydrogen) atoms. The summed E-state index contributed by atoms with van der Waals surface area (Å²) < 4.78 is 10.9. The summed E-state index contributed by atoms with van der Waals surface area (Å²) in [5.41, 5.74) is 12.9. The van der Waals surface area contributed by atoms with Gasteiger partial charge in [-0.3, -0.25) is 4.57 Å². The molecular weight excluding hydrogens is 834 g/mol. The molecule has 1 aliphatic rings. The first-order chi connectivity index (χ1) is 24.5. The quantitative estimate of drug-likeness (QED) is 0.156. The number of anilines is 2. The first kappa shape index (κ1) is 37.7. The van der Waals surface area contributed by atoms with E-state index in [1.54, 1.807) is 0 Å². The Hall–Kier alpha value is -5.06. The standard InChI is InChI=1S/C45H43N5O.CH3.Pt/c1-29-22-31(3)41(25-30(29)2)48-21-20-47(28-48)35-12-11-13-36(26-35)51-37-16-17-39-38-14-9-10-15-40(38)50(42(39)27-37)44-46-18-19-49(44)43-32(4)23-34(24-33(43)5)45(6,7)8;;/h9-25H,28H2,1-8H3;1H3;/q-2;-1;. The third-order valence-corrected chi connectivity index (χ3v) is 10.1. The summed E-state index contributed by atoms with van der Waals surface area (Å²) in [4.78, 5) is 9.40. The summed E-state index contributed by atoms with van der Waals surface area (Å²) >= 11 is 0. The summed E-state index contributed by atoms with van der Waals surface area (Å²) in [6, 6.07) is 34.9. The number of imidazole rings is 1. The van der Waals surface area contributed by atoms with Crippen LogP contribution in [0.3, 0.4) is 0 Å². The predicted molar refractivity (Wildman–Crippen MR) is 216 cm³/mol. The van der Waals surface area contributed by atoms with Crippen LogP contribution in [0.2, 0.25) is 0 Å². The summed E-state index contributed by atoms with van der Waals surface area (Å²) in [6.07, 6.45) is 8.16. The van der Waals surface area contributed by atoms with Crippen molar-refractivity contribution in [3.05, 3.63) is 157 Å². The number of ether oxygens (including phenoxy) is 1. The van der Waals surface area contributed by atoms with E-state index in [4.69, 9.17) is 9.72 Å². The molecule has 274 valence electrons. The molecule has 0 saturated carbocycles. The van der Waals surface area contributed by atoms with Gasteiger partial charge in [-0.05, 0) is 90.9 Å². The van der Waals surface area contributed by atoms with E-state index in [1.165, 1.54) is 39.1 Å². The van der Waals surface area contributed by atoms with Crippen molar-refractivity contribution in [2.45, 2.75) is 60.8 Å². The molecule has 7 aromatic rings. The Morgan fingerprint density at radius 1 is 0.698 bits per heavy atom. The predicted octanol–water partition coefficient (Wildman–Crippen LogP) is 11.4. The smallest absolute Gasteiger partial charge is 0.217 e. The largest absolute Gasteiger partial charge is 0.509 e. The van der Waals surface area contributed by atoms with Crippen LogP contribution in [0, 0.1) is 54.2 Å². The van der Waals surface area contributed by atoms with Gasteiger partial charge in [0.2, 0.25) is 5.95 Å². The van der Waals surface area contributed by atoms with Gasteiger partial charge in [0.25, 0.3) is 0 Å². The van der Waals surface area contributed by atoms with Crippen molar-refractivity contribution in [2.75, 3.05) is 16.5 Å². The number of hydrogen-bond acceptors (Lipinski definition) is 4. The van der Waals surface area contributed by atoms with Gasteiger partial charge in [-0.1, -0.05) is 68.4 Å². The fourth-order valence-electron chi connectivity index (χ4n) is 7.31.